The van der Waals surface area contributed by atoms with Crippen molar-refractivity contribution in [2.75, 3.05) is 10.0 Å². The number of nitrogens with one attached hydrogen (secondary N) is 2. The van der Waals surface area contributed by atoms with Gasteiger partial charge in [0, 0.05) is 10.7 Å². The van der Waals surface area contributed by atoms with Crippen molar-refractivity contribution in [1.82, 2.24) is 0 Å². The van der Waals surface area contributed by atoms with E-state index in [1.807, 2.05) is 25.1 Å². The maximum Gasteiger partial charge on any atom is 0.265 e. The minimum Gasteiger partial charge on any atom is -0.481 e. The highest BCUT2D eigenvalue weighted by molar-refractivity contribution is 7.92. The summed E-state index contributed by atoms with van der Waals surface area (Å²) in [5.74, 6) is 0.291. The zero-order chi connectivity index (χ0) is 21.7. The van der Waals surface area contributed by atoms with Gasteiger partial charge in [0.1, 0.15) is 5.75 Å². The van der Waals surface area contributed by atoms with Gasteiger partial charge in [-0.1, -0.05) is 35.9 Å². The predicted molar refractivity (Wildman–Crippen MR) is 119 cm³/mol. The van der Waals surface area contributed by atoms with E-state index in [1.165, 1.54) is 30.3 Å². The van der Waals surface area contributed by atoms with Crippen LogP contribution in [0.4, 0.5) is 11.4 Å². The second-order valence-corrected chi connectivity index (χ2v) is 8.77. The number of rotatable bonds is 7. The third-order valence-electron chi connectivity index (χ3n) is 4.28. The molecule has 0 aliphatic carbocycles. The number of carbonyl (C=O) groups is 1. The number of ether oxygens (including phenoxy) is 1. The van der Waals surface area contributed by atoms with Crippen LogP contribution in [-0.2, 0) is 14.8 Å². The number of amides is 1. The van der Waals surface area contributed by atoms with Crippen molar-refractivity contribution in [1.29, 1.82) is 0 Å². The first-order valence-corrected chi connectivity index (χ1v) is 11.0. The lowest BCUT2D eigenvalue weighted by Gasteiger charge is -2.16. The molecule has 0 spiro atoms. The number of aryl methyl sites for hydroxylation is 1. The molecule has 6 nitrogen and oxygen atoms in total. The maximum atomic E-state index is 12.5. The highest BCUT2D eigenvalue weighted by atomic mass is 35.5. The monoisotopic (exact) mass is 444 g/mol. The molecule has 0 fully saturated rings. The maximum absolute atomic E-state index is 12.5. The molecular formula is C22H21ClN2O4S. The SMILES string of the molecule is Cc1ccccc1O[C@H](C)C(=O)Nc1ccc(S(=O)(=O)Nc2cccc(Cl)c2)cc1. The van der Waals surface area contributed by atoms with Crippen molar-refractivity contribution in [3.63, 3.8) is 0 Å². The Hall–Kier alpha value is -3.03. The van der Waals surface area contributed by atoms with E-state index in [-0.39, 0.29) is 10.8 Å². The molecule has 1 amide bonds. The molecule has 2 N–H and O–H groups in total. The van der Waals surface area contributed by atoms with Crippen LogP contribution in [0.25, 0.3) is 0 Å². The van der Waals surface area contributed by atoms with E-state index in [0.717, 1.165) is 5.56 Å². The molecule has 3 rings (SSSR count). The van der Waals surface area contributed by atoms with Gasteiger partial charge < -0.3 is 10.1 Å². The summed E-state index contributed by atoms with van der Waals surface area (Å²) in [6.07, 6.45) is -0.723. The van der Waals surface area contributed by atoms with Gasteiger partial charge in [-0.3, -0.25) is 9.52 Å². The summed E-state index contributed by atoms with van der Waals surface area (Å²) in [7, 11) is -3.78. The van der Waals surface area contributed by atoms with Gasteiger partial charge in [0.05, 0.1) is 10.6 Å². The van der Waals surface area contributed by atoms with E-state index in [1.54, 1.807) is 31.2 Å². The minimum absolute atomic E-state index is 0.0599. The Bertz CT molecular complexity index is 1150. The Labute approximate surface area is 180 Å². The normalized spacial score (nSPS) is 12.1. The zero-order valence-electron chi connectivity index (χ0n) is 16.4. The fraction of sp³-hybridized carbons (Fsp3) is 0.136. The topological polar surface area (TPSA) is 84.5 Å². The van der Waals surface area contributed by atoms with Crippen molar-refractivity contribution in [3.8, 4) is 5.75 Å². The number of halogens is 1. The van der Waals surface area contributed by atoms with Gasteiger partial charge in [-0.25, -0.2) is 8.42 Å². The molecule has 0 radical (unpaired) electrons. The molecule has 0 saturated heterocycles. The largest absolute Gasteiger partial charge is 0.481 e. The molecule has 0 aromatic heterocycles. The molecule has 156 valence electrons. The fourth-order valence-electron chi connectivity index (χ4n) is 2.66. The molecule has 1 atom stereocenters. The smallest absolute Gasteiger partial charge is 0.265 e. The number of sulfonamides is 1. The first kappa shape index (κ1) is 21.7. The van der Waals surface area contributed by atoms with E-state index < -0.39 is 16.1 Å². The zero-order valence-corrected chi connectivity index (χ0v) is 18.0. The van der Waals surface area contributed by atoms with Crippen LogP contribution in [0.15, 0.2) is 77.7 Å². The summed E-state index contributed by atoms with van der Waals surface area (Å²) in [6.45, 7) is 3.55. The number of anilines is 2. The summed E-state index contributed by atoms with van der Waals surface area (Å²) in [4.78, 5) is 12.5. The first-order chi connectivity index (χ1) is 14.2. The Kier molecular flexibility index (Phi) is 6.64. The van der Waals surface area contributed by atoms with E-state index in [2.05, 4.69) is 10.0 Å². The molecule has 3 aromatic rings. The lowest BCUT2D eigenvalue weighted by molar-refractivity contribution is -0.122. The van der Waals surface area contributed by atoms with Crippen molar-refractivity contribution >= 4 is 38.9 Å². The van der Waals surface area contributed by atoms with Crippen LogP contribution in [0.5, 0.6) is 5.75 Å². The third-order valence-corrected chi connectivity index (χ3v) is 5.91. The molecule has 3 aromatic carbocycles. The van der Waals surface area contributed by atoms with E-state index in [0.29, 0.717) is 22.1 Å². The fourth-order valence-corrected chi connectivity index (χ4v) is 3.90. The molecular weight excluding hydrogens is 424 g/mol. The molecule has 0 bridgehead atoms. The molecule has 0 aliphatic rings. The Morgan fingerprint density at radius 3 is 2.33 bits per heavy atom. The highest BCUT2D eigenvalue weighted by Gasteiger charge is 2.17. The summed E-state index contributed by atoms with van der Waals surface area (Å²) in [5.41, 5.74) is 1.75. The van der Waals surface area contributed by atoms with Gasteiger partial charge in [-0.2, -0.15) is 0 Å². The van der Waals surface area contributed by atoms with E-state index in [9.17, 15) is 13.2 Å². The molecule has 0 saturated carbocycles. The third kappa shape index (κ3) is 5.52. The van der Waals surface area contributed by atoms with Gasteiger partial charge >= 0.3 is 0 Å². The van der Waals surface area contributed by atoms with Crippen molar-refractivity contribution in [3.05, 3.63) is 83.4 Å². The van der Waals surface area contributed by atoms with Gasteiger partial charge in [0.25, 0.3) is 15.9 Å². The Morgan fingerprint density at radius 1 is 0.967 bits per heavy atom. The van der Waals surface area contributed by atoms with Crippen LogP contribution in [-0.4, -0.2) is 20.4 Å². The average Bonchev–Trinajstić information content (AvgIpc) is 2.70. The van der Waals surface area contributed by atoms with Gasteiger partial charge in [0.2, 0.25) is 0 Å². The first-order valence-electron chi connectivity index (χ1n) is 9.16. The summed E-state index contributed by atoms with van der Waals surface area (Å²) >= 11 is 5.89. The van der Waals surface area contributed by atoms with E-state index >= 15 is 0 Å². The van der Waals surface area contributed by atoms with Crippen LogP contribution in [0.1, 0.15) is 12.5 Å². The second kappa shape index (κ2) is 9.19. The van der Waals surface area contributed by atoms with Crippen molar-refractivity contribution in [2.45, 2.75) is 24.8 Å². The summed E-state index contributed by atoms with van der Waals surface area (Å²) in [6, 6.07) is 19.7. The quantitative estimate of drug-likeness (QED) is 0.545. The molecule has 8 heteroatoms. The van der Waals surface area contributed by atoms with Crippen LogP contribution in [0.3, 0.4) is 0 Å². The van der Waals surface area contributed by atoms with Gasteiger partial charge in [-0.05, 0) is 67.9 Å². The summed E-state index contributed by atoms with van der Waals surface area (Å²) in [5, 5.41) is 3.15. The molecule has 30 heavy (non-hydrogen) atoms. The molecule has 0 aliphatic heterocycles. The van der Waals surface area contributed by atoms with Crippen LogP contribution in [0.2, 0.25) is 5.02 Å². The Morgan fingerprint density at radius 2 is 1.67 bits per heavy atom. The van der Waals surface area contributed by atoms with Crippen LogP contribution >= 0.6 is 11.6 Å². The second-order valence-electron chi connectivity index (χ2n) is 6.66. The summed E-state index contributed by atoms with van der Waals surface area (Å²) < 4.78 is 33.2. The average molecular weight is 445 g/mol. The van der Waals surface area contributed by atoms with Crippen LogP contribution < -0.4 is 14.8 Å². The number of benzene rings is 3. The Balaban J connectivity index is 1.65. The van der Waals surface area contributed by atoms with Crippen molar-refractivity contribution < 1.29 is 17.9 Å². The van der Waals surface area contributed by atoms with Gasteiger partial charge in [0.15, 0.2) is 6.10 Å². The number of carbonyl (C=O) groups excluding carboxylic acids is 1. The van der Waals surface area contributed by atoms with E-state index in [4.69, 9.17) is 16.3 Å². The minimum atomic E-state index is -3.78. The number of para-hydroxylation sites is 1. The lowest BCUT2D eigenvalue weighted by Crippen LogP contribution is -2.30. The molecule has 0 unspecified atom stereocenters. The van der Waals surface area contributed by atoms with Crippen LogP contribution in [0, 0.1) is 6.92 Å². The molecule has 0 heterocycles. The van der Waals surface area contributed by atoms with Gasteiger partial charge in [-0.15, -0.1) is 0 Å². The van der Waals surface area contributed by atoms with Crippen molar-refractivity contribution in [2.24, 2.45) is 0 Å². The standard InChI is InChI=1S/C22H21ClN2O4S/c1-15-6-3-4-9-21(15)29-16(2)22(26)24-18-10-12-20(13-11-18)30(27,28)25-19-8-5-7-17(23)14-19/h3-14,16,25H,1-2H3,(H,24,26)/t16-/m1/s1. The predicted octanol–water partition coefficient (Wildman–Crippen LogP) is 4.86. The number of hydrogen-bond acceptors (Lipinski definition) is 4. The lowest BCUT2D eigenvalue weighted by atomic mass is 10.2. The number of hydrogen-bond donors (Lipinski definition) is 2. The highest BCUT2D eigenvalue weighted by Crippen LogP contribution is 2.21.